The van der Waals surface area contributed by atoms with Gasteiger partial charge in [0, 0.05) is 0 Å². The third-order valence-electron chi connectivity index (χ3n) is 1.31. The number of amides is 1. The van der Waals surface area contributed by atoms with Crippen molar-refractivity contribution in [3.8, 4) is 0 Å². The highest BCUT2D eigenvalue weighted by atomic mass is 16.1. The van der Waals surface area contributed by atoms with Gasteiger partial charge in [-0.05, 0) is 12.5 Å². The van der Waals surface area contributed by atoms with E-state index in [2.05, 4.69) is 10.2 Å². The minimum atomic E-state index is -0.574. The summed E-state index contributed by atoms with van der Waals surface area (Å²) in [6, 6.07) is 0. The summed E-state index contributed by atoms with van der Waals surface area (Å²) >= 11 is 0. The van der Waals surface area contributed by atoms with E-state index in [0.717, 1.165) is 0 Å². The lowest BCUT2D eigenvalue weighted by Crippen LogP contribution is -2.16. The van der Waals surface area contributed by atoms with Gasteiger partial charge in [-0.15, -0.1) is 5.10 Å². The molecule has 0 spiro atoms. The van der Waals surface area contributed by atoms with Crippen LogP contribution in [-0.2, 0) is 0 Å². The van der Waals surface area contributed by atoms with Gasteiger partial charge >= 0.3 is 0 Å². The fourth-order valence-electron chi connectivity index (χ4n) is 0.815. The highest BCUT2D eigenvalue weighted by Crippen LogP contribution is 2.09. The monoisotopic (exact) mass is 152 g/mol. The number of carbonyl (C=O) groups excluding carboxylic acids is 1. The van der Waals surface area contributed by atoms with E-state index < -0.39 is 5.91 Å². The Balaban J connectivity index is 3.32. The lowest BCUT2D eigenvalue weighted by molar-refractivity contribution is 0.1000. The maximum Gasteiger partial charge on any atom is 0.252 e. The molecule has 0 aliphatic carbocycles. The van der Waals surface area contributed by atoms with E-state index in [4.69, 9.17) is 11.5 Å². The summed E-state index contributed by atoms with van der Waals surface area (Å²) in [5, 5.41) is 7.03. The van der Waals surface area contributed by atoms with Gasteiger partial charge in [-0.3, -0.25) is 4.79 Å². The molecule has 1 rings (SSSR count). The SMILES string of the molecule is Cc1cnnc(N)c1C(N)=O. The fourth-order valence-corrected chi connectivity index (χ4v) is 0.815. The van der Waals surface area contributed by atoms with E-state index in [1.807, 2.05) is 0 Å². The van der Waals surface area contributed by atoms with Gasteiger partial charge in [-0.2, -0.15) is 5.10 Å². The first kappa shape index (κ1) is 7.46. The zero-order chi connectivity index (χ0) is 8.43. The van der Waals surface area contributed by atoms with Crippen molar-refractivity contribution >= 4 is 11.7 Å². The van der Waals surface area contributed by atoms with Crippen molar-refractivity contribution in [2.24, 2.45) is 5.73 Å². The second-order valence-corrected chi connectivity index (χ2v) is 2.15. The Bertz CT molecular complexity index is 276. The van der Waals surface area contributed by atoms with Crippen LogP contribution < -0.4 is 11.5 Å². The maximum absolute atomic E-state index is 10.7. The summed E-state index contributed by atoms with van der Waals surface area (Å²) in [4.78, 5) is 10.7. The standard InChI is InChI=1S/C6H8N4O/c1-3-2-9-10-5(7)4(3)6(8)11/h2H,1H3,(H2,7,10)(H2,8,11). The van der Waals surface area contributed by atoms with Crippen LogP contribution in [0.2, 0.25) is 0 Å². The molecule has 0 unspecified atom stereocenters. The Kier molecular flexibility index (Phi) is 1.72. The van der Waals surface area contributed by atoms with Crippen LogP contribution in [0.4, 0.5) is 5.82 Å². The molecular weight excluding hydrogens is 144 g/mol. The van der Waals surface area contributed by atoms with Crippen LogP contribution in [0.1, 0.15) is 15.9 Å². The van der Waals surface area contributed by atoms with Gasteiger partial charge in [0.15, 0.2) is 5.82 Å². The van der Waals surface area contributed by atoms with E-state index in [-0.39, 0.29) is 11.4 Å². The van der Waals surface area contributed by atoms with E-state index in [0.29, 0.717) is 5.56 Å². The third kappa shape index (κ3) is 1.26. The van der Waals surface area contributed by atoms with Crippen LogP contribution in [0, 0.1) is 6.92 Å². The van der Waals surface area contributed by atoms with Crippen LogP contribution in [0.5, 0.6) is 0 Å². The minimum absolute atomic E-state index is 0.0810. The van der Waals surface area contributed by atoms with Crippen molar-refractivity contribution in [2.45, 2.75) is 6.92 Å². The number of nitrogens with two attached hydrogens (primary N) is 2. The van der Waals surface area contributed by atoms with Crippen LogP contribution >= 0.6 is 0 Å². The molecule has 0 atom stereocenters. The number of aromatic nitrogens is 2. The summed E-state index contributed by atoms with van der Waals surface area (Å²) in [7, 11) is 0. The number of aryl methyl sites for hydroxylation is 1. The maximum atomic E-state index is 10.7. The molecule has 1 aromatic rings. The molecule has 58 valence electrons. The van der Waals surface area contributed by atoms with Crippen LogP contribution in [0.15, 0.2) is 6.20 Å². The number of primary amides is 1. The molecule has 4 N–H and O–H groups in total. The number of nitrogens with zero attached hydrogens (tertiary/aromatic N) is 2. The Morgan fingerprint density at radius 2 is 2.27 bits per heavy atom. The molecule has 0 radical (unpaired) electrons. The van der Waals surface area contributed by atoms with Gasteiger partial charge in [-0.25, -0.2) is 0 Å². The average Bonchev–Trinajstić information content (AvgIpc) is 1.85. The summed E-state index contributed by atoms with van der Waals surface area (Å²) in [5.41, 5.74) is 11.3. The fraction of sp³-hybridized carbons (Fsp3) is 0.167. The molecule has 5 heteroatoms. The quantitative estimate of drug-likeness (QED) is 0.565. The molecule has 5 nitrogen and oxygen atoms in total. The van der Waals surface area contributed by atoms with Crippen LogP contribution in [0.25, 0.3) is 0 Å². The molecule has 0 aromatic carbocycles. The molecule has 1 amide bonds. The van der Waals surface area contributed by atoms with Crippen LogP contribution in [0.3, 0.4) is 0 Å². The molecule has 11 heavy (non-hydrogen) atoms. The van der Waals surface area contributed by atoms with Crippen molar-refractivity contribution in [1.29, 1.82) is 0 Å². The summed E-state index contributed by atoms with van der Waals surface area (Å²) < 4.78 is 0. The number of carbonyl (C=O) groups is 1. The topological polar surface area (TPSA) is 94.9 Å². The first-order valence-corrected chi connectivity index (χ1v) is 3.00. The number of hydrogen-bond acceptors (Lipinski definition) is 4. The summed E-state index contributed by atoms with van der Waals surface area (Å²) in [6.07, 6.45) is 1.44. The van der Waals surface area contributed by atoms with Crippen molar-refractivity contribution in [3.05, 3.63) is 17.3 Å². The van der Waals surface area contributed by atoms with Gasteiger partial charge in [-0.1, -0.05) is 0 Å². The second kappa shape index (κ2) is 2.53. The zero-order valence-electron chi connectivity index (χ0n) is 6.03. The molecule has 0 fully saturated rings. The normalized spacial score (nSPS) is 9.55. The molecule has 0 aliphatic rings. The summed E-state index contributed by atoms with van der Waals surface area (Å²) in [5.74, 6) is -0.493. The Hall–Kier alpha value is -1.65. The Labute approximate surface area is 63.4 Å². The molecule has 0 bridgehead atoms. The van der Waals surface area contributed by atoms with Crippen molar-refractivity contribution in [2.75, 3.05) is 5.73 Å². The van der Waals surface area contributed by atoms with Gasteiger partial charge in [0.2, 0.25) is 0 Å². The molecule has 1 heterocycles. The molecule has 0 saturated heterocycles. The molecule has 1 aromatic heterocycles. The van der Waals surface area contributed by atoms with E-state index in [1.165, 1.54) is 6.20 Å². The second-order valence-electron chi connectivity index (χ2n) is 2.15. The summed E-state index contributed by atoms with van der Waals surface area (Å²) in [6.45, 7) is 1.70. The highest BCUT2D eigenvalue weighted by molar-refractivity contribution is 5.98. The van der Waals surface area contributed by atoms with Gasteiger partial charge < -0.3 is 11.5 Å². The lowest BCUT2D eigenvalue weighted by atomic mass is 10.1. The van der Waals surface area contributed by atoms with Crippen molar-refractivity contribution < 1.29 is 4.79 Å². The predicted octanol–water partition coefficient (Wildman–Crippen LogP) is -0.534. The Morgan fingerprint density at radius 3 is 2.64 bits per heavy atom. The molecule has 0 saturated carbocycles. The third-order valence-corrected chi connectivity index (χ3v) is 1.31. The zero-order valence-corrected chi connectivity index (χ0v) is 6.03. The predicted molar refractivity (Wildman–Crippen MR) is 39.7 cm³/mol. The van der Waals surface area contributed by atoms with Crippen molar-refractivity contribution in [1.82, 2.24) is 10.2 Å². The molecular formula is C6H8N4O. The number of nitrogen functional groups attached to an aromatic ring is 1. The van der Waals surface area contributed by atoms with Gasteiger partial charge in [0.25, 0.3) is 5.91 Å². The minimum Gasteiger partial charge on any atom is -0.382 e. The molecule has 0 aliphatic heterocycles. The first-order chi connectivity index (χ1) is 5.13. The lowest BCUT2D eigenvalue weighted by Gasteiger charge is -2.01. The van der Waals surface area contributed by atoms with Gasteiger partial charge in [0.05, 0.1) is 11.8 Å². The first-order valence-electron chi connectivity index (χ1n) is 3.00. The smallest absolute Gasteiger partial charge is 0.252 e. The highest BCUT2D eigenvalue weighted by Gasteiger charge is 2.09. The number of anilines is 1. The van der Waals surface area contributed by atoms with Gasteiger partial charge in [0.1, 0.15) is 0 Å². The van der Waals surface area contributed by atoms with Crippen molar-refractivity contribution in [3.63, 3.8) is 0 Å². The van der Waals surface area contributed by atoms with E-state index in [1.54, 1.807) is 6.92 Å². The largest absolute Gasteiger partial charge is 0.382 e. The van der Waals surface area contributed by atoms with Crippen LogP contribution in [-0.4, -0.2) is 16.1 Å². The Morgan fingerprint density at radius 1 is 1.64 bits per heavy atom. The number of hydrogen-bond donors (Lipinski definition) is 2. The van der Waals surface area contributed by atoms with E-state index >= 15 is 0 Å². The van der Waals surface area contributed by atoms with E-state index in [9.17, 15) is 4.79 Å². The average molecular weight is 152 g/mol. The number of rotatable bonds is 1.